The molecule has 0 spiro atoms. The largest absolute Gasteiger partial charge is 0.396 e. The summed E-state index contributed by atoms with van der Waals surface area (Å²) in [7, 11) is 0. The molecule has 0 aliphatic heterocycles. The van der Waals surface area contributed by atoms with Crippen molar-refractivity contribution in [3.63, 3.8) is 0 Å². The molecule has 0 bridgehead atoms. The number of hydrogen-bond donors (Lipinski definition) is 1. The molecule has 1 nitrogen and oxygen atoms in total. The quantitative estimate of drug-likeness (QED) is 0.670. The van der Waals surface area contributed by atoms with E-state index < -0.39 is 0 Å². The van der Waals surface area contributed by atoms with Gasteiger partial charge in [-0.25, -0.2) is 0 Å². The highest BCUT2D eigenvalue weighted by Gasteiger charge is 2.43. The van der Waals surface area contributed by atoms with Crippen LogP contribution in [0.5, 0.6) is 0 Å². The molecule has 2 rings (SSSR count). The Morgan fingerprint density at radius 3 is 3.07 bits per heavy atom. The van der Waals surface area contributed by atoms with Crippen molar-refractivity contribution in [1.82, 2.24) is 0 Å². The monoisotopic (exact) mass is 194 g/mol. The zero-order valence-electron chi connectivity index (χ0n) is 9.42. The molecule has 14 heavy (non-hydrogen) atoms. The average Bonchev–Trinajstić information content (AvgIpc) is 2.54. The van der Waals surface area contributed by atoms with Gasteiger partial charge in [-0.3, -0.25) is 0 Å². The zero-order valence-corrected chi connectivity index (χ0v) is 9.42. The Labute approximate surface area is 87.2 Å². The van der Waals surface area contributed by atoms with Crippen molar-refractivity contribution in [1.29, 1.82) is 0 Å². The maximum Gasteiger partial charge on any atom is 0.0494 e. The summed E-state index contributed by atoms with van der Waals surface area (Å²) >= 11 is 0. The van der Waals surface area contributed by atoms with Gasteiger partial charge in [0, 0.05) is 12.5 Å². The van der Waals surface area contributed by atoms with Crippen LogP contribution in [0, 0.1) is 17.3 Å². The van der Waals surface area contributed by atoms with Crippen LogP contribution in [-0.4, -0.2) is 11.7 Å². The van der Waals surface area contributed by atoms with Crippen molar-refractivity contribution in [3.8, 4) is 0 Å². The summed E-state index contributed by atoms with van der Waals surface area (Å²) in [6.07, 6.45) is 9.20. The van der Waals surface area contributed by atoms with E-state index in [1.807, 2.05) is 0 Å². The molecule has 0 aromatic heterocycles. The Balaban J connectivity index is 2.19. The molecule has 3 unspecified atom stereocenters. The zero-order chi connectivity index (χ0) is 10.2. The number of aliphatic hydroxyl groups excluding tert-OH is 1. The van der Waals surface area contributed by atoms with Gasteiger partial charge in [0.2, 0.25) is 0 Å². The van der Waals surface area contributed by atoms with E-state index in [0.29, 0.717) is 17.9 Å². The lowest BCUT2D eigenvalue weighted by molar-refractivity contribution is 0.152. The summed E-state index contributed by atoms with van der Waals surface area (Å²) in [5.41, 5.74) is 1.98. The van der Waals surface area contributed by atoms with Gasteiger partial charge < -0.3 is 5.11 Å². The first kappa shape index (κ1) is 10.2. The van der Waals surface area contributed by atoms with Gasteiger partial charge in [0.25, 0.3) is 0 Å². The smallest absolute Gasteiger partial charge is 0.0494 e. The normalized spacial score (nSPS) is 39.1. The Bertz CT molecular complexity index is 244. The first-order valence-corrected chi connectivity index (χ1v) is 6.00. The van der Waals surface area contributed by atoms with Crippen LogP contribution in [0.1, 0.15) is 46.0 Å². The van der Waals surface area contributed by atoms with Crippen molar-refractivity contribution in [3.05, 3.63) is 11.6 Å². The van der Waals surface area contributed by atoms with Gasteiger partial charge in [0.15, 0.2) is 0 Å². The van der Waals surface area contributed by atoms with Crippen molar-refractivity contribution in [2.75, 3.05) is 6.61 Å². The maximum absolute atomic E-state index is 9.26. The van der Waals surface area contributed by atoms with Crippen LogP contribution < -0.4 is 0 Å². The molecule has 0 radical (unpaired) electrons. The first-order valence-electron chi connectivity index (χ1n) is 6.00. The Morgan fingerprint density at radius 1 is 1.57 bits per heavy atom. The summed E-state index contributed by atoms with van der Waals surface area (Å²) in [4.78, 5) is 0. The van der Waals surface area contributed by atoms with Crippen LogP contribution in [0.2, 0.25) is 0 Å². The molecular formula is C13H22O. The molecule has 0 aromatic carbocycles. The summed E-state index contributed by atoms with van der Waals surface area (Å²) in [6, 6.07) is 0. The van der Waals surface area contributed by atoms with E-state index in [1.165, 1.54) is 32.1 Å². The number of aliphatic hydroxyl groups is 1. The second-order valence-corrected chi connectivity index (χ2v) is 5.34. The minimum atomic E-state index is 0.314. The standard InChI is InChI=1S/C13H22O/c1-10(9-14)12-7-6-11-5-3-4-8-13(11,12)2/h7,10-11,14H,3-6,8-9H2,1-2H3. The van der Waals surface area contributed by atoms with Gasteiger partial charge in [-0.2, -0.15) is 0 Å². The summed E-state index contributed by atoms with van der Waals surface area (Å²) in [6.45, 7) is 4.89. The molecule has 3 atom stereocenters. The van der Waals surface area contributed by atoms with Crippen molar-refractivity contribution in [2.24, 2.45) is 17.3 Å². The van der Waals surface area contributed by atoms with E-state index >= 15 is 0 Å². The Hall–Kier alpha value is -0.300. The van der Waals surface area contributed by atoms with E-state index in [-0.39, 0.29) is 0 Å². The fourth-order valence-electron chi connectivity index (χ4n) is 3.53. The third-order valence-corrected chi connectivity index (χ3v) is 4.49. The summed E-state index contributed by atoms with van der Waals surface area (Å²) < 4.78 is 0. The first-order chi connectivity index (χ1) is 6.68. The van der Waals surface area contributed by atoms with Crippen molar-refractivity contribution in [2.45, 2.75) is 46.0 Å². The van der Waals surface area contributed by atoms with Crippen molar-refractivity contribution >= 4 is 0 Å². The fraction of sp³-hybridized carbons (Fsp3) is 0.846. The van der Waals surface area contributed by atoms with Crippen LogP contribution in [-0.2, 0) is 0 Å². The highest BCUT2D eigenvalue weighted by molar-refractivity contribution is 5.24. The molecule has 1 heteroatoms. The van der Waals surface area contributed by atoms with E-state index in [1.54, 1.807) is 5.57 Å². The molecule has 80 valence electrons. The molecule has 1 N–H and O–H groups in total. The van der Waals surface area contributed by atoms with Gasteiger partial charge >= 0.3 is 0 Å². The number of hydrogen-bond acceptors (Lipinski definition) is 1. The number of allylic oxidation sites excluding steroid dienone is 1. The molecule has 2 aliphatic rings. The van der Waals surface area contributed by atoms with Crippen LogP contribution in [0.25, 0.3) is 0 Å². The van der Waals surface area contributed by atoms with E-state index in [4.69, 9.17) is 0 Å². The molecule has 0 saturated heterocycles. The Morgan fingerprint density at radius 2 is 2.36 bits per heavy atom. The molecule has 0 amide bonds. The molecule has 0 heterocycles. The lowest BCUT2D eigenvalue weighted by atomic mass is 9.64. The predicted molar refractivity (Wildman–Crippen MR) is 59.0 cm³/mol. The van der Waals surface area contributed by atoms with Gasteiger partial charge in [-0.1, -0.05) is 38.3 Å². The highest BCUT2D eigenvalue weighted by atomic mass is 16.3. The average molecular weight is 194 g/mol. The van der Waals surface area contributed by atoms with Gasteiger partial charge in [0.05, 0.1) is 0 Å². The van der Waals surface area contributed by atoms with Crippen LogP contribution in [0.3, 0.4) is 0 Å². The second kappa shape index (κ2) is 3.69. The Kier molecular flexibility index (Phi) is 2.70. The summed E-state index contributed by atoms with van der Waals surface area (Å²) in [5, 5.41) is 9.26. The van der Waals surface area contributed by atoms with E-state index in [9.17, 15) is 5.11 Å². The SMILES string of the molecule is CC(CO)C1=CCC2CCCCC12C. The van der Waals surface area contributed by atoms with Gasteiger partial charge in [-0.15, -0.1) is 0 Å². The van der Waals surface area contributed by atoms with Crippen molar-refractivity contribution < 1.29 is 5.11 Å². The maximum atomic E-state index is 9.26. The predicted octanol–water partition coefficient (Wildman–Crippen LogP) is 3.14. The van der Waals surface area contributed by atoms with E-state index in [0.717, 1.165) is 5.92 Å². The third-order valence-electron chi connectivity index (χ3n) is 4.49. The third kappa shape index (κ3) is 1.42. The minimum absolute atomic E-state index is 0.314. The van der Waals surface area contributed by atoms with Gasteiger partial charge in [0.1, 0.15) is 0 Å². The fourth-order valence-corrected chi connectivity index (χ4v) is 3.53. The number of rotatable bonds is 2. The topological polar surface area (TPSA) is 20.2 Å². The minimum Gasteiger partial charge on any atom is -0.396 e. The van der Waals surface area contributed by atoms with Gasteiger partial charge in [-0.05, 0) is 30.6 Å². The summed E-state index contributed by atoms with van der Waals surface area (Å²) in [5.74, 6) is 1.25. The van der Waals surface area contributed by atoms with Crippen LogP contribution in [0.15, 0.2) is 11.6 Å². The lowest BCUT2D eigenvalue weighted by Crippen LogP contribution is -2.31. The highest BCUT2D eigenvalue weighted by Crippen LogP contribution is 2.54. The van der Waals surface area contributed by atoms with Crippen LogP contribution in [0.4, 0.5) is 0 Å². The number of fused-ring (bicyclic) bond motifs is 1. The second-order valence-electron chi connectivity index (χ2n) is 5.34. The lowest BCUT2D eigenvalue weighted by Gasteiger charge is -2.40. The van der Waals surface area contributed by atoms with Crippen LogP contribution >= 0.6 is 0 Å². The molecule has 1 fully saturated rings. The molecule has 1 saturated carbocycles. The molecule has 0 aromatic rings. The van der Waals surface area contributed by atoms with E-state index in [2.05, 4.69) is 19.9 Å². The molecule has 2 aliphatic carbocycles. The molecular weight excluding hydrogens is 172 g/mol.